The number of carbonyl (C=O) groups excluding carboxylic acids is 3. The lowest BCUT2D eigenvalue weighted by Gasteiger charge is -2.65. The van der Waals surface area contributed by atoms with Gasteiger partial charge in [-0.25, -0.2) is 24.5 Å². The van der Waals surface area contributed by atoms with Crippen molar-refractivity contribution in [3.63, 3.8) is 0 Å². The highest BCUT2D eigenvalue weighted by Crippen LogP contribution is 2.70. The number of fused-ring (bicyclic) bond motifs is 6. The van der Waals surface area contributed by atoms with Gasteiger partial charge < -0.3 is 99.9 Å². The Balaban J connectivity index is 0.537. The molecule has 7 heterocycles. The minimum Gasteiger partial charge on any atom is -0.480 e. The molecule has 0 spiro atoms. The van der Waals surface area contributed by atoms with Crippen LogP contribution in [0.25, 0.3) is 11.2 Å². The van der Waals surface area contributed by atoms with Gasteiger partial charge in [-0.05, 0) is 143 Å². The zero-order valence-electron chi connectivity index (χ0n) is 56.9. The molecule has 9 aliphatic rings. The highest BCUT2D eigenvalue weighted by molar-refractivity contribution is 7.96. The number of aromatic nitrogens is 4. The molecule has 544 valence electrons. The number of carboxylic acid groups (broad SMARTS) is 1. The van der Waals surface area contributed by atoms with Crippen molar-refractivity contribution in [3.05, 3.63) is 24.3 Å². The van der Waals surface area contributed by atoms with E-state index in [1.807, 2.05) is 13.2 Å². The number of nitrogens with one attached hydrogen (secondary N) is 2. The quantitative estimate of drug-likeness (QED) is 0.0192. The molecule has 12 N–H and O–H groups in total. The summed E-state index contributed by atoms with van der Waals surface area (Å²) in [6.45, 7) is 10.9. The summed E-state index contributed by atoms with van der Waals surface area (Å²) in [7, 11) is -0.439. The topological polar surface area (TPSA) is 407 Å². The number of anilines is 1. The molecular formula is C68H106N7O21S+. The first-order chi connectivity index (χ1) is 46.2. The lowest BCUT2D eigenvalue weighted by Crippen LogP contribution is -2.67. The van der Waals surface area contributed by atoms with Crippen LogP contribution in [0.5, 0.6) is 0 Å². The summed E-state index contributed by atoms with van der Waals surface area (Å²) < 4.78 is 57.1. The molecule has 8 fully saturated rings. The van der Waals surface area contributed by atoms with Crippen LogP contribution in [0.4, 0.5) is 5.82 Å². The van der Waals surface area contributed by atoms with E-state index in [0.29, 0.717) is 106 Å². The molecular weight excluding hydrogens is 1280 g/mol. The maximum absolute atomic E-state index is 12.8. The summed E-state index contributed by atoms with van der Waals surface area (Å²) in [5.41, 5.74) is 5.53. The number of esters is 1. The summed E-state index contributed by atoms with van der Waals surface area (Å²) in [5.74, 6) is -2.58. The number of aliphatic carboxylic acids is 1. The van der Waals surface area contributed by atoms with Crippen LogP contribution in [0.1, 0.15) is 169 Å². The van der Waals surface area contributed by atoms with Gasteiger partial charge in [0.15, 0.2) is 36.1 Å². The summed E-state index contributed by atoms with van der Waals surface area (Å²) in [5, 5.41) is 97.2. The zero-order chi connectivity index (χ0) is 69.3. The van der Waals surface area contributed by atoms with E-state index in [1.54, 1.807) is 26.8 Å². The average molecular weight is 1390 g/mol. The Morgan fingerprint density at radius 1 is 0.804 bits per heavy atom. The molecule has 97 heavy (non-hydrogen) atoms. The van der Waals surface area contributed by atoms with Crippen LogP contribution < -0.4 is 16.4 Å². The highest BCUT2D eigenvalue weighted by Gasteiger charge is 2.71. The molecule has 11 rings (SSSR count). The van der Waals surface area contributed by atoms with Crippen molar-refractivity contribution in [1.29, 1.82) is 0 Å². The highest BCUT2D eigenvalue weighted by atomic mass is 32.2. The Kier molecular flexibility index (Phi) is 23.7. The van der Waals surface area contributed by atoms with Crippen LogP contribution in [0.3, 0.4) is 0 Å². The molecule has 0 bridgehead atoms. The van der Waals surface area contributed by atoms with Crippen LogP contribution in [-0.2, 0) is 72.7 Å². The number of carbonyl (C=O) groups is 4. The first kappa shape index (κ1) is 73.9. The largest absolute Gasteiger partial charge is 0.480 e. The van der Waals surface area contributed by atoms with E-state index in [-0.39, 0.29) is 98.2 Å². The Morgan fingerprint density at radius 3 is 2.25 bits per heavy atom. The number of rotatable bonds is 28. The molecule has 2 aromatic heterocycles. The monoisotopic (exact) mass is 1390 g/mol. The number of hydrogen-bond donors (Lipinski definition) is 11. The Labute approximate surface area is 569 Å². The van der Waals surface area contributed by atoms with Gasteiger partial charge in [0, 0.05) is 63.2 Å². The number of nitrogens with zero attached hydrogens (tertiary/aromatic N) is 4. The fourth-order valence-corrected chi connectivity index (χ4v) is 19.7. The third-order valence-corrected chi connectivity index (χ3v) is 25.4. The maximum atomic E-state index is 12.8. The van der Waals surface area contributed by atoms with Crippen molar-refractivity contribution in [2.24, 2.45) is 34.5 Å². The molecule has 29 heteroatoms. The number of nitrogen functional groups attached to an aromatic ring is 1. The zero-order valence-corrected chi connectivity index (χ0v) is 57.7. The van der Waals surface area contributed by atoms with Gasteiger partial charge in [0.2, 0.25) is 11.8 Å². The average Bonchev–Trinajstić information content (AvgIpc) is 1.62. The molecule has 2 aromatic rings. The molecule has 5 aliphatic heterocycles. The number of carboxylic acids is 1. The smallest absolute Gasteiger partial charge is 0.331 e. The van der Waals surface area contributed by atoms with Gasteiger partial charge in [-0.1, -0.05) is 26.7 Å². The van der Waals surface area contributed by atoms with E-state index < -0.39 is 132 Å². The Hall–Kier alpha value is -4.28. The normalized spacial score (nSPS) is 41.1. The molecule has 4 aliphatic carbocycles. The van der Waals surface area contributed by atoms with E-state index in [4.69, 9.17) is 48.4 Å². The number of ether oxygens (including phenoxy) is 9. The summed E-state index contributed by atoms with van der Waals surface area (Å²) in [4.78, 5) is 61.9. The summed E-state index contributed by atoms with van der Waals surface area (Å²) >= 11 is 0. The predicted molar refractivity (Wildman–Crippen MR) is 349 cm³/mol. The first-order valence-electron chi connectivity index (χ1n) is 35.4. The second-order valence-corrected chi connectivity index (χ2v) is 32.0. The van der Waals surface area contributed by atoms with Crippen LogP contribution in [-0.4, -0.2) is 238 Å². The van der Waals surface area contributed by atoms with Crippen LogP contribution in [0, 0.1) is 34.5 Å². The molecule has 28 nitrogen and oxygen atoms in total. The molecule has 4 saturated heterocycles. The van der Waals surface area contributed by atoms with Gasteiger partial charge in [-0.2, -0.15) is 0 Å². The minimum atomic E-state index is -1.91. The van der Waals surface area contributed by atoms with Crippen LogP contribution >= 0.6 is 0 Å². The number of aliphatic hydroxyl groups is 7. The van der Waals surface area contributed by atoms with E-state index in [9.17, 15) is 60.0 Å². The van der Waals surface area contributed by atoms with E-state index in [0.717, 1.165) is 37.7 Å². The minimum absolute atomic E-state index is 0.0320. The molecule has 2 amide bonds. The van der Waals surface area contributed by atoms with Crippen LogP contribution in [0.15, 0.2) is 24.3 Å². The van der Waals surface area contributed by atoms with Gasteiger partial charge in [-0.15, -0.1) is 0 Å². The van der Waals surface area contributed by atoms with Gasteiger partial charge >= 0.3 is 11.9 Å². The molecule has 0 aromatic carbocycles. The van der Waals surface area contributed by atoms with E-state index >= 15 is 0 Å². The standard InChI is InChI=1S/C68H105N7O21S/c1-36-58(89-24-12-8-10-13-50(79)70-23-11-7-9-14-51(80)74-45(64(84)85)19-26-97(6)33-48-56(82)57(83)63(94-48)75-35-73-55-61(69)71-34-72-62(55)75)46(76)30-54(91-36)95-60-38(3)88-25-22-68(60,87)96-59-37(2)92-53(31-47(59)77)93-41-17-20-65(4)40(28-41)15-16-43-44(65)29-49(78)66(5)42(18-21-67(43,66)86)39-27-52(81)90-32-39/h27,34-38,40-49,53-54,56-60,63,76-78,82-83,86-87H,7-26,28-33H2,1-6H3,(H4-,69,70,71,72,74,79,80,84,85)/p+1/t36-,37-,38-,40-,41-,42-,43?,44+,45+,46+,47+,48-,49-,53?,54?,56-,57-,58-,59-,60-,63-,65+,66+,67+,68-,97?/m1/s1. The molecule has 4 saturated carbocycles. The van der Waals surface area contributed by atoms with E-state index in [2.05, 4.69) is 32.5 Å². The van der Waals surface area contributed by atoms with Crippen LogP contribution in [0.2, 0.25) is 0 Å². The lowest BCUT2D eigenvalue weighted by atomic mass is 9.42. The Morgan fingerprint density at radius 2 is 1.53 bits per heavy atom. The fourth-order valence-electron chi connectivity index (χ4n) is 18.1. The summed E-state index contributed by atoms with van der Waals surface area (Å²) in [6.07, 6.45) is 3.60. The van der Waals surface area contributed by atoms with Crippen molar-refractivity contribution in [1.82, 2.24) is 30.2 Å². The Bertz CT molecular complexity index is 3060. The van der Waals surface area contributed by atoms with Gasteiger partial charge in [0.1, 0.15) is 72.6 Å². The summed E-state index contributed by atoms with van der Waals surface area (Å²) in [6, 6.07) is -1.10. The van der Waals surface area contributed by atoms with Gasteiger partial charge in [0.05, 0.1) is 67.5 Å². The molecule has 0 radical (unpaired) electrons. The number of unbranched alkanes of at least 4 members (excludes halogenated alkanes) is 4. The molecule has 4 unspecified atom stereocenters. The van der Waals surface area contributed by atoms with Crippen molar-refractivity contribution in [2.45, 2.75) is 279 Å². The number of nitrogens with two attached hydrogens (primary N) is 1. The second-order valence-electron chi connectivity index (χ2n) is 29.7. The SMILES string of the molecule is C[C@H]1OC(O[C@@H]2[C@@H](C)OCC[C@@]2(O)O[C@H]2[C@@H](O)CC(O[C@@H]3CC[C@@]4(C)[C@H](CCC5[C@@H]4C[C@@H](O)[C@]4(C)[C@@H](C6=CC(=O)OC6)CC[C@]54O)C3)O[C@@H]2C)C[C@H](O)[C@@H]1OCCCCCC(=O)NCCCCCC(=O)N[C@@H](CC[S+](C)C[C@H]1O[C@@H](n2cnc3c(N)ncnc32)[C@H](O)[C@@H]1O)C(=O)O. The number of hydrogen-bond acceptors (Lipinski definition) is 24. The maximum Gasteiger partial charge on any atom is 0.331 e. The first-order valence-corrected chi connectivity index (χ1v) is 37.4. The second kappa shape index (κ2) is 31.1. The van der Waals surface area contributed by atoms with E-state index in [1.165, 1.54) is 17.2 Å². The van der Waals surface area contributed by atoms with Crippen molar-refractivity contribution in [2.75, 3.05) is 49.9 Å². The number of cyclic esters (lactones) is 1. The van der Waals surface area contributed by atoms with Crippen molar-refractivity contribution < 1.29 is 103 Å². The van der Waals surface area contributed by atoms with Gasteiger partial charge in [-0.3, -0.25) is 14.2 Å². The predicted octanol–water partition coefficient (Wildman–Crippen LogP) is 2.73. The fraction of sp³-hybridized carbons (Fsp3) is 0.838. The third-order valence-electron chi connectivity index (χ3n) is 23.6. The van der Waals surface area contributed by atoms with Gasteiger partial charge in [0.25, 0.3) is 0 Å². The lowest BCUT2D eigenvalue weighted by molar-refractivity contribution is -0.386. The number of amides is 2. The van der Waals surface area contributed by atoms with Crippen molar-refractivity contribution >= 4 is 51.6 Å². The number of aliphatic hydroxyl groups excluding tert-OH is 5. The molecule has 26 atom stereocenters. The van der Waals surface area contributed by atoms with Crippen molar-refractivity contribution in [3.8, 4) is 0 Å². The third kappa shape index (κ3) is 15.7. The number of imidazole rings is 1.